The number of hydrogen-bond acceptors (Lipinski definition) is 3. The van der Waals surface area contributed by atoms with Crippen LogP contribution in [0.3, 0.4) is 0 Å². The summed E-state index contributed by atoms with van der Waals surface area (Å²) < 4.78 is 22.8. The monoisotopic (exact) mass is 296 g/mol. The average Bonchev–Trinajstić information content (AvgIpc) is 2.33. The van der Waals surface area contributed by atoms with Crippen LogP contribution in [0.25, 0.3) is 0 Å². The fourth-order valence-corrected chi connectivity index (χ4v) is 3.24. The van der Waals surface area contributed by atoms with Crippen LogP contribution in [-0.2, 0) is 10.0 Å². The van der Waals surface area contributed by atoms with Crippen LogP contribution < -0.4 is 10.5 Å². The highest BCUT2D eigenvalue weighted by atomic mass is 32.2. The van der Waals surface area contributed by atoms with Crippen LogP contribution in [0.5, 0.6) is 0 Å². The number of primary sulfonamides is 1. The van der Waals surface area contributed by atoms with Crippen molar-refractivity contribution in [1.82, 2.24) is 0 Å². The van der Waals surface area contributed by atoms with Crippen LogP contribution in [0.15, 0.2) is 23.1 Å². The summed E-state index contributed by atoms with van der Waals surface area (Å²) in [6.45, 7) is 6.58. The molecule has 1 aliphatic carbocycles. The molecule has 1 saturated carbocycles. The molecule has 1 aliphatic rings. The van der Waals surface area contributed by atoms with Gasteiger partial charge in [-0.1, -0.05) is 19.9 Å². The smallest absolute Gasteiger partial charge is 0.238 e. The highest BCUT2D eigenvalue weighted by molar-refractivity contribution is 7.89. The summed E-state index contributed by atoms with van der Waals surface area (Å²) in [6.07, 6.45) is 4.62. The Morgan fingerprint density at radius 3 is 2.40 bits per heavy atom. The first-order valence-corrected chi connectivity index (χ1v) is 8.62. The van der Waals surface area contributed by atoms with E-state index in [2.05, 4.69) is 19.2 Å². The van der Waals surface area contributed by atoms with E-state index in [4.69, 9.17) is 5.14 Å². The number of benzene rings is 1. The van der Waals surface area contributed by atoms with Crippen molar-refractivity contribution in [2.75, 3.05) is 5.32 Å². The molecule has 4 nitrogen and oxygen atoms in total. The van der Waals surface area contributed by atoms with Gasteiger partial charge in [0.2, 0.25) is 10.0 Å². The Balaban J connectivity index is 2.14. The van der Waals surface area contributed by atoms with Crippen molar-refractivity contribution in [2.45, 2.75) is 57.4 Å². The van der Waals surface area contributed by atoms with Crippen LogP contribution >= 0.6 is 0 Å². The van der Waals surface area contributed by atoms with Gasteiger partial charge < -0.3 is 5.32 Å². The largest absolute Gasteiger partial charge is 0.382 e. The van der Waals surface area contributed by atoms with Gasteiger partial charge in [0.15, 0.2) is 0 Å². The maximum atomic E-state index is 11.4. The van der Waals surface area contributed by atoms with Gasteiger partial charge in [0.05, 0.1) is 4.90 Å². The third-order valence-corrected chi connectivity index (χ3v) is 5.15. The molecule has 0 unspecified atom stereocenters. The second-order valence-electron chi connectivity index (χ2n) is 6.60. The summed E-state index contributed by atoms with van der Waals surface area (Å²) in [4.78, 5) is 0.168. The van der Waals surface area contributed by atoms with Gasteiger partial charge in [-0.2, -0.15) is 0 Å². The van der Waals surface area contributed by atoms with E-state index in [-0.39, 0.29) is 4.90 Å². The van der Waals surface area contributed by atoms with Gasteiger partial charge in [-0.05, 0) is 55.7 Å². The summed E-state index contributed by atoms with van der Waals surface area (Å²) in [7, 11) is -3.64. The average molecular weight is 296 g/mol. The summed E-state index contributed by atoms with van der Waals surface area (Å²) in [5.74, 6) is 0. The Hall–Kier alpha value is -1.07. The van der Waals surface area contributed by atoms with E-state index in [0.717, 1.165) is 24.1 Å². The molecule has 0 spiro atoms. The van der Waals surface area contributed by atoms with E-state index < -0.39 is 10.0 Å². The van der Waals surface area contributed by atoms with Crippen LogP contribution in [0.4, 0.5) is 5.69 Å². The molecule has 5 heteroatoms. The SMILES string of the molecule is Cc1ccc(S(N)(=O)=O)cc1NC1CCC(C)(C)CC1. The molecule has 0 saturated heterocycles. The predicted octanol–water partition coefficient (Wildman–Crippen LogP) is 3.02. The van der Waals surface area contributed by atoms with Crippen molar-refractivity contribution < 1.29 is 8.42 Å². The number of rotatable bonds is 3. The lowest BCUT2D eigenvalue weighted by molar-refractivity contribution is 0.232. The molecule has 0 aliphatic heterocycles. The summed E-state index contributed by atoms with van der Waals surface area (Å²) >= 11 is 0. The Kier molecular flexibility index (Phi) is 4.12. The van der Waals surface area contributed by atoms with Crippen LogP contribution in [-0.4, -0.2) is 14.5 Å². The minimum atomic E-state index is -3.64. The minimum Gasteiger partial charge on any atom is -0.382 e. The fraction of sp³-hybridized carbons (Fsp3) is 0.600. The van der Waals surface area contributed by atoms with Crippen LogP contribution in [0.1, 0.15) is 45.1 Å². The van der Waals surface area contributed by atoms with Gasteiger partial charge in [-0.15, -0.1) is 0 Å². The lowest BCUT2D eigenvalue weighted by Crippen LogP contribution is -2.30. The van der Waals surface area contributed by atoms with Crippen molar-refractivity contribution in [2.24, 2.45) is 10.6 Å². The fourth-order valence-electron chi connectivity index (χ4n) is 2.70. The Labute approximate surface area is 121 Å². The summed E-state index contributed by atoms with van der Waals surface area (Å²) in [6, 6.07) is 5.41. The highest BCUT2D eigenvalue weighted by Gasteiger charge is 2.27. The number of nitrogens with two attached hydrogens (primary N) is 1. The lowest BCUT2D eigenvalue weighted by atomic mass is 9.75. The number of anilines is 1. The topological polar surface area (TPSA) is 72.2 Å². The van der Waals surface area contributed by atoms with Crippen molar-refractivity contribution in [1.29, 1.82) is 0 Å². The maximum absolute atomic E-state index is 11.4. The maximum Gasteiger partial charge on any atom is 0.238 e. The van der Waals surface area contributed by atoms with E-state index in [1.54, 1.807) is 18.2 Å². The van der Waals surface area contributed by atoms with Gasteiger partial charge in [0, 0.05) is 11.7 Å². The molecule has 0 radical (unpaired) electrons. The molecule has 1 aromatic carbocycles. The second-order valence-corrected chi connectivity index (χ2v) is 8.17. The molecule has 112 valence electrons. The van der Waals surface area contributed by atoms with Crippen LogP contribution in [0.2, 0.25) is 0 Å². The summed E-state index contributed by atoms with van der Waals surface area (Å²) in [5, 5.41) is 8.67. The van der Waals surface area contributed by atoms with Crippen molar-refractivity contribution >= 4 is 15.7 Å². The second kappa shape index (κ2) is 5.37. The molecule has 0 aromatic heterocycles. The highest BCUT2D eigenvalue weighted by Crippen LogP contribution is 2.36. The van der Waals surface area contributed by atoms with E-state index in [9.17, 15) is 8.42 Å². The normalized spacial score (nSPS) is 19.8. The van der Waals surface area contributed by atoms with Gasteiger partial charge in [0.1, 0.15) is 0 Å². The zero-order valence-corrected chi connectivity index (χ0v) is 13.3. The number of hydrogen-bond donors (Lipinski definition) is 2. The quantitative estimate of drug-likeness (QED) is 0.900. The Morgan fingerprint density at radius 2 is 1.85 bits per heavy atom. The van der Waals surface area contributed by atoms with Gasteiger partial charge in [-0.25, -0.2) is 13.6 Å². The van der Waals surface area contributed by atoms with E-state index in [0.29, 0.717) is 11.5 Å². The van der Waals surface area contributed by atoms with Gasteiger partial charge in [0.25, 0.3) is 0 Å². The van der Waals surface area contributed by atoms with E-state index in [1.165, 1.54) is 12.8 Å². The first-order valence-electron chi connectivity index (χ1n) is 7.07. The molecule has 1 aromatic rings. The first kappa shape index (κ1) is 15.3. The van der Waals surface area contributed by atoms with Crippen LogP contribution in [0, 0.1) is 12.3 Å². The minimum absolute atomic E-state index is 0.168. The number of sulfonamides is 1. The standard InChI is InChI=1S/C15H24N2O2S/c1-11-4-5-13(20(16,18)19)10-14(11)17-12-6-8-15(2,3)9-7-12/h4-5,10,12,17H,6-9H2,1-3H3,(H2,16,18,19). The molecular weight excluding hydrogens is 272 g/mol. The van der Waals surface area contributed by atoms with Crippen molar-refractivity contribution in [3.63, 3.8) is 0 Å². The molecule has 3 N–H and O–H groups in total. The molecule has 2 rings (SSSR count). The van der Waals surface area contributed by atoms with Crippen molar-refractivity contribution in [3.8, 4) is 0 Å². The molecule has 0 atom stereocenters. The number of nitrogens with one attached hydrogen (secondary N) is 1. The molecule has 1 fully saturated rings. The molecule has 20 heavy (non-hydrogen) atoms. The Bertz CT molecular complexity index is 584. The zero-order chi connectivity index (χ0) is 15.0. The lowest BCUT2D eigenvalue weighted by Gasteiger charge is -2.35. The third-order valence-electron chi connectivity index (χ3n) is 4.24. The molecule has 0 bridgehead atoms. The van der Waals surface area contributed by atoms with Gasteiger partial charge in [-0.3, -0.25) is 0 Å². The Morgan fingerprint density at radius 1 is 1.25 bits per heavy atom. The third kappa shape index (κ3) is 3.73. The number of aryl methyl sites for hydroxylation is 1. The molecule has 0 heterocycles. The summed E-state index contributed by atoms with van der Waals surface area (Å²) in [5.41, 5.74) is 2.35. The predicted molar refractivity (Wildman–Crippen MR) is 82.2 cm³/mol. The molecule has 0 amide bonds. The van der Waals surface area contributed by atoms with E-state index in [1.807, 2.05) is 6.92 Å². The zero-order valence-electron chi connectivity index (χ0n) is 12.4. The van der Waals surface area contributed by atoms with Gasteiger partial charge >= 0.3 is 0 Å². The first-order chi connectivity index (χ1) is 9.17. The van der Waals surface area contributed by atoms with E-state index >= 15 is 0 Å². The molecular formula is C15H24N2O2S. The van der Waals surface area contributed by atoms with Crippen molar-refractivity contribution in [3.05, 3.63) is 23.8 Å².